The maximum absolute atomic E-state index is 14.2. The number of amides is 7. The van der Waals surface area contributed by atoms with Crippen LogP contribution in [0, 0.1) is 5.92 Å². The van der Waals surface area contributed by atoms with Crippen LogP contribution in [0.5, 0.6) is 0 Å². The van der Waals surface area contributed by atoms with E-state index in [4.69, 9.17) is 5.73 Å². The van der Waals surface area contributed by atoms with E-state index in [0.717, 1.165) is 6.42 Å². The van der Waals surface area contributed by atoms with E-state index in [0.29, 0.717) is 31.4 Å². The normalized spacial score (nSPS) is 18.9. The van der Waals surface area contributed by atoms with Crippen molar-refractivity contribution in [2.24, 2.45) is 11.7 Å². The number of hydrogen-bond acceptors (Lipinski definition) is 11. The van der Waals surface area contributed by atoms with Gasteiger partial charge in [0.2, 0.25) is 41.4 Å². The molecule has 0 unspecified atom stereocenters. The standard InChI is InChI=1S/C40H58N8O13/c1-3-22(2)33(47-37(57)25(13-16-30(41)49)43-34(54)24-11-7-19-42-24)39(59)48-20-8-12-29(48)38(58)45-27(15-18-32(52)53)35(55)44-26(14-17-31(50)51)36(56)46-28(40(60)61)21-23-9-5-4-6-10-23/h4-6,9-10,22,24-29,33,42H,3,7-8,11-21H2,1-2H3,(H2,41,49)(H,43,54)(H,44,55)(H,45,58)(H,46,56)(H,47,57)(H,50,51)(H,52,53)(H,60,61)/t22-,24-,25-,26-,27-,28-,29-,33-/m0/s1. The van der Waals surface area contributed by atoms with Gasteiger partial charge < -0.3 is 57.9 Å². The van der Waals surface area contributed by atoms with Gasteiger partial charge in [-0.1, -0.05) is 50.6 Å². The summed E-state index contributed by atoms with van der Waals surface area (Å²) in [6.45, 7) is 4.18. The highest BCUT2D eigenvalue weighted by atomic mass is 16.4. The third-order valence-corrected chi connectivity index (χ3v) is 10.8. The highest BCUT2D eigenvalue weighted by Crippen LogP contribution is 2.22. The number of nitrogens with two attached hydrogens (primary N) is 1. The maximum atomic E-state index is 14.2. The van der Waals surface area contributed by atoms with E-state index in [2.05, 4.69) is 31.9 Å². The number of aliphatic carboxylic acids is 3. The van der Waals surface area contributed by atoms with Crippen LogP contribution in [0.25, 0.3) is 0 Å². The summed E-state index contributed by atoms with van der Waals surface area (Å²) in [5, 5.41) is 44.1. The zero-order valence-electron chi connectivity index (χ0n) is 34.4. The van der Waals surface area contributed by atoms with Gasteiger partial charge in [-0.05, 0) is 63.0 Å². The molecule has 2 aliphatic heterocycles. The minimum Gasteiger partial charge on any atom is -0.481 e. The summed E-state index contributed by atoms with van der Waals surface area (Å²) in [6.07, 6.45) is -0.543. The van der Waals surface area contributed by atoms with E-state index in [1.54, 1.807) is 44.2 Å². The quantitative estimate of drug-likeness (QED) is 0.0537. The van der Waals surface area contributed by atoms with Crippen LogP contribution in [0.4, 0.5) is 0 Å². The molecule has 1 aromatic carbocycles. The summed E-state index contributed by atoms with van der Waals surface area (Å²) in [6, 6.07) is -0.472. The van der Waals surface area contributed by atoms with Crippen LogP contribution in [-0.2, 0) is 54.4 Å². The largest absolute Gasteiger partial charge is 0.481 e. The Morgan fingerprint density at radius 1 is 0.721 bits per heavy atom. The summed E-state index contributed by atoms with van der Waals surface area (Å²) in [4.78, 5) is 130. The molecule has 7 amide bonds. The van der Waals surface area contributed by atoms with E-state index in [-0.39, 0.29) is 32.2 Å². The molecule has 3 rings (SSSR count). The first-order valence-electron chi connectivity index (χ1n) is 20.5. The molecule has 2 aliphatic rings. The van der Waals surface area contributed by atoms with Gasteiger partial charge in [0.1, 0.15) is 36.3 Å². The summed E-state index contributed by atoms with van der Waals surface area (Å²) in [5.41, 5.74) is 5.90. The Morgan fingerprint density at radius 3 is 1.79 bits per heavy atom. The third-order valence-electron chi connectivity index (χ3n) is 10.8. The zero-order valence-corrected chi connectivity index (χ0v) is 34.4. The van der Waals surface area contributed by atoms with Crippen molar-refractivity contribution in [2.45, 2.75) is 133 Å². The monoisotopic (exact) mass is 858 g/mol. The minimum atomic E-state index is -1.61. The second-order valence-corrected chi connectivity index (χ2v) is 15.4. The van der Waals surface area contributed by atoms with Gasteiger partial charge in [-0.3, -0.25) is 43.2 Å². The second-order valence-electron chi connectivity index (χ2n) is 15.4. The molecule has 2 saturated heterocycles. The van der Waals surface area contributed by atoms with Crippen LogP contribution in [0.1, 0.15) is 90.0 Å². The van der Waals surface area contributed by atoms with Crippen LogP contribution in [0.2, 0.25) is 0 Å². The smallest absolute Gasteiger partial charge is 0.326 e. The van der Waals surface area contributed by atoms with Crippen molar-refractivity contribution in [1.29, 1.82) is 0 Å². The van der Waals surface area contributed by atoms with Crippen LogP contribution in [0.3, 0.4) is 0 Å². The summed E-state index contributed by atoms with van der Waals surface area (Å²) < 4.78 is 0. The lowest BCUT2D eigenvalue weighted by Gasteiger charge is -2.33. The minimum absolute atomic E-state index is 0.0755. The van der Waals surface area contributed by atoms with Crippen LogP contribution >= 0.6 is 0 Å². The highest BCUT2D eigenvalue weighted by Gasteiger charge is 2.41. The lowest BCUT2D eigenvalue weighted by Crippen LogP contribution is -2.60. The molecule has 61 heavy (non-hydrogen) atoms. The predicted octanol–water partition coefficient (Wildman–Crippen LogP) is -1.48. The van der Waals surface area contributed by atoms with Crippen molar-refractivity contribution < 1.29 is 63.3 Å². The van der Waals surface area contributed by atoms with Gasteiger partial charge in [-0.2, -0.15) is 0 Å². The molecule has 21 nitrogen and oxygen atoms in total. The Labute approximate surface area is 352 Å². The maximum Gasteiger partial charge on any atom is 0.326 e. The van der Waals surface area contributed by atoms with Crippen molar-refractivity contribution in [3.8, 4) is 0 Å². The molecule has 0 aliphatic carbocycles. The summed E-state index contributed by atoms with van der Waals surface area (Å²) in [7, 11) is 0. The molecule has 11 N–H and O–H groups in total. The van der Waals surface area contributed by atoms with E-state index >= 15 is 0 Å². The molecule has 2 fully saturated rings. The molecule has 8 atom stereocenters. The molecule has 0 spiro atoms. The van der Waals surface area contributed by atoms with E-state index in [9.17, 15) is 63.3 Å². The fourth-order valence-electron chi connectivity index (χ4n) is 7.09. The van der Waals surface area contributed by atoms with Crippen molar-refractivity contribution in [2.75, 3.05) is 13.1 Å². The molecule has 21 heteroatoms. The highest BCUT2D eigenvalue weighted by molar-refractivity contribution is 5.97. The fraction of sp³-hybridized carbons (Fsp3) is 0.600. The van der Waals surface area contributed by atoms with Crippen molar-refractivity contribution in [3.05, 3.63) is 35.9 Å². The molecule has 0 radical (unpaired) electrons. The number of primary amides is 1. The van der Waals surface area contributed by atoms with E-state index < -0.39 is 133 Å². The average Bonchev–Trinajstić information content (AvgIpc) is 3.95. The van der Waals surface area contributed by atoms with Gasteiger partial charge in [0.25, 0.3) is 0 Å². The van der Waals surface area contributed by atoms with E-state index in [1.807, 2.05) is 0 Å². The number of carbonyl (C=O) groups is 10. The van der Waals surface area contributed by atoms with Gasteiger partial charge in [0.05, 0.1) is 6.04 Å². The SMILES string of the molecule is CC[C@H](C)[C@H](NC(=O)[C@H](CCC(N)=O)NC(=O)[C@@H]1CCCN1)C(=O)N1CCC[C@H]1C(=O)N[C@@H](CCC(=O)O)C(=O)N[C@@H](CCC(=O)O)C(=O)N[C@@H](Cc1ccccc1)C(=O)O. The average molecular weight is 859 g/mol. The van der Waals surface area contributed by atoms with Crippen molar-refractivity contribution >= 4 is 59.3 Å². The Kier molecular flexibility index (Phi) is 19.5. The summed E-state index contributed by atoms with van der Waals surface area (Å²) in [5.74, 6) is -10.0. The number of rotatable bonds is 25. The zero-order chi connectivity index (χ0) is 45.2. The molecule has 2 heterocycles. The van der Waals surface area contributed by atoms with Gasteiger partial charge in [0, 0.05) is 32.2 Å². The molecule has 0 aromatic heterocycles. The topological polar surface area (TPSA) is 333 Å². The fourth-order valence-corrected chi connectivity index (χ4v) is 7.09. The Balaban J connectivity index is 1.80. The van der Waals surface area contributed by atoms with Crippen LogP contribution in [0.15, 0.2) is 30.3 Å². The van der Waals surface area contributed by atoms with Gasteiger partial charge in [-0.25, -0.2) is 4.79 Å². The number of likely N-dealkylation sites (tertiary alicyclic amines) is 1. The van der Waals surface area contributed by atoms with Gasteiger partial charge in [-0.15, -0.1) is 0 Å². The number of nitrogens with zero attached hydrogens (tertiary/aromatic N) is 1. The van der Waals surface area contributed by atoms with Crippen LogP contribution in [-0.4, -0.2) is 135 Å². The predicted molar refractivity (Wildman–Crippen MR) is 215 cm³/mol. The first kappa shape index (κ1) is 49.2. The van der Waals surface area contributed by atoms with E-state index in [1.165, 1.54) is 4.90 Å². The van der Waals surface area contributed by atoms with Crippen LogP contribution < -0.4 is 37.6 Å². The molecule has 1 aromatic rings. The number of benzene rings is 1. The molecular formula is C40H58N8O13. The second kappa shape index (κ2) is 24.2. The molecular weight excluding hydrogens is 800 g/mol. The van der Waals surface area contributed by atoms with Gasteiger partial charge >= 0.3 is 17.9 Å². The molecule has 0 saturated carbocycles. The molecule has 336 valence electrons. The van der Waals surface area contributed by atoms with Gasteiger partial charge in [0.15, 0.2) is 0 Å². The number of carboxylic acids is 3. The van der Waals surface area contributed by atoms with Crippen molar-refractivity contribution in [1.82, 2.24) is 36.8 Å². The summed E-state index contributed by atoms with van der Waals surface area (Å²) >= 11 is 0. The first-order valence-corrected chi connectivity index (χ1v) is 20.5. The number of hydrogen-bond donors (Lipinski definition) is 10. The Hall–Kier alpha value is -6.12. The van der Waals surface area contributed by atoms with Crippen molar-refractivity contribution in [3.63, 3.8) is 0 Å². The number of carbonyl (C=O) groups excluding carboxylic acids is 7. The Morgan fingerprint density at radius 2 is 1.26 bits per heavy atom. The Bertz CT molecular complexity index is 1760. The lowest BCUT2D eigenvalue weighted by molar-refractivity contribution is -0.144. The number of carboxylic acid groups (broad SMARTS) is 3. The third kappa shape index (κ3) is 15.8. The number of nitrogens with one attached hydrogen (secondary N) is 6. The lowest BCUT2D eigenvalue weighted by atomic mass is 9.96. The molecule has 0 bridgehead atoms. The first-order chi connectivity index (χ1) is 28.9.